The lowest BCUT2D eigenvalue weighted by atomic mass is 9.91. The number of alkyl carbamates (subject to hydrolysis) is 1. The van der Waals surface area contributed by atoms with Crippen LogP contribution < -0.4 is 5.32 Å². The van der Waals surface area contributed by atoms with Gasteiger partial charge in [-0.15, -0.1) is 0 Å². The van der Waals surface area contributed by atoms with Gasteiger partial charge in [-0.05, 0) is 69.2 Å². The summed E-state index contributed by atoms with van der Waals surface area (Å²) in [5.41, 5.74) is -5.12. The molecule has 0 spiro atoms. The highest BCUT2D eigenvalue weighted by Crippen LogP contribution is 2.42. The molecule has 2 atom stereocenters. The molecule has 0 radical (unpaired) electrons. The highest BCUT2D eigenvalue weighted by Gasteiger charge is 2.55. The van der Waals surface area contributed by atoms with Gasteiger partial charge in [0.15, 0.2) is 6.04 Å². The van der Waals surface area contributed by atoms with Gasteiger partial charge in [0.05, 0.1) is 18.5 Å². The van der Waals surface area contributed by atoms with Crippen molar-refractivity contribution in [3.63, 3.8) is 0 Å². The second-order valence-electron chi connectivity index (χ2n) is 8.49. The van der Waals surface area contributed by atoms with Crippen LogP contribution in [0.4, 0.5) is 22.4 Å². The molecule has 7 nitrogen and oxygen atoms in total. The number of hydrogen-bond donors (Lipinski definition) is 2. The second kappa shape index (κ2) is 14.7. The Kier molecular flexibility index (Phi) is 13.4. The minimum absolute atomic E-state index is 0.0940. The monoisotopic (exact) mass is 546 g/mol. The molecule has 0 saturated heterocycles. The van der Waals surface area contributed by atoms with Crippen LogP contribution in [0.5, 0.6) is 0 Å². The van der Waals surface area contributed by atoms with E-state index < -0.39 is 53.4 Å². The molecule has 2 aromatic rings. The second-order valence-corrected chi connectivity index (χ2v) is 8.49. The Labute approximate surface area is 221 Å². The lowest BCUT2D eigenvalue weighted by Gasteiger charge is -2.30. The minimum atomic E-state index is -5.10. The van der Waals surface area contributed by atoms with Crippen LogP contribution in [0.2, 0.25) is 0 Å². The minimum Gasteiger partial charge on any atom is -0.467 e. The van der Waals surface area contributed by atoms with Crippen LogP contribution in [0, 0.1) is 5.82 Å². The van der Waals surface area contributed by atoms with Crippen LogP contribution in [0.25, 0.3) is 11.3 Å². The summed E-state index contributed by atoms with van der Waals surface area (Å²) >= 11 is 0. The van der Waals surface area contributed by atoms with Crippen LogP contribution in [-0.4, -0.2) is 41.0 Å². The maximum atomic E-state index is 13.8. The van der Waals surface area contributed by atoms with E-state index in [2.05, 4.69) is 10.3 Å². The van der Waals surface area contributed by atoms with Crippen molar-refractivity contribution in [2.45, 2.75) is 85.2 Å². The van der Waals surface area contributed by atoms with Crippen molar-refractivity contribution in [3.8, 4) is 11.3 Å². The number of pyridine rings is 1. The van der Waals surface area contributed by atoms with Crippen LogP contribution in [0.3, 0.4) is 0 Å². The number of methoxy groups -OCH3 is 1. The predicted octanol–water partition coefficient (Wildman–Crippen LogP) is 6.84. The maximum Gasteiger partial charge on any atom is 0.422 e. The van der Waals surface area contributed by atoms with Crippen LogP contribution in [0.15, 0.2) is 36.4 Å². The predicted molar refractivity (Wildman–Crippen MR) is 137 cm³/mol. The molecule has 1 aromatic carbocycles. The van der Waals surface area contributed by atoms with Crippen LogP contribution in [0.1, 0.15) is 79.1 Å². The fourth-order valence-electron chi connectivity index (χ4n) is 3.05. The molecule has 2 rings (SSSR count). The molecule has 2 unspecified atom stereocenters. The summed E-state index contributed by atoms with van der Waals surface area (Å²) < 4.78 is 64.7. The largest absolute Gasteiger partial charge is 0.467 e. The number of nitrogens with zero attached hydrogens (tertiary/aromatic N) is 1. The Morgan fingerprint density at radius 1 is 1.03 bits per heavy atom. The topological polar surface area (TPSA) is 97.8 Å². The number of benzene rings is 1. The van der Waals surface area contributed by atoms with Gasteiger partial charge in [0.2, 0.25) is 5.60 Å². The summed E-state index contributed by atoms with van der Waals surface area (Å²) in [6, 6.07) is 5.23. The van der Waals surface area contributed by atoms with Gasteiger partial charge in [0.1, 0.15) is 11.4 Å². The number of carbonyl (C=O) groups excluding carboxylic acids is 2. The normalized spacial score (nSPS) is 13.4. The number of nitrogens with one attached hydrogen (secondary N) is 1. The number of esters is 1. The number of alkyl halides is 3. The molecule has 1 amide bonds. The molecule has 0 aliphatic carbocycles. The van der Waals surface area contributed by atoms with E-state index in [0.29, 0.717) is 0 Å². The smallest absolute Gasteiger partial charge is 0.422 e. The summed E-state index contributed by atoms with van der Waals surface area (Å²) in [6.07, 6.45) is -6.91. The summed E-state index contributed by atoms with van der Waals surface area (Å²) in [7, 11) is 1.03. The quantitative estimate of drug-likeness (QED) is 0.304. The SMILES string of the molecule is CC.CC.CCC(O)(c1cc(C(NC(=O)OC(C)(C)C)C(=O)OC)cc(-c2ccc(F)cc2)n1)C(F)(F)F. The summed E-state index contributed by atoms with van der Waals surface area (Å²) in [5, 5.41) is 12.8. The first kappa shape index (κ1) is 34.8. The number of halogens is 4. The molecule has 0 aliphatic heterocycles. The molecular weight excluding hydrogens is 508 g/mol. The zero-order valence-corrected chi connectivity index (χ0v) is 23.3. The van der Waals surface area contributed by atoms with Gasteiger partial charge in [-0.25, -0.2) is 19.0 Å². The van der Waals surface area contributed by atoms with Gasteiger partial charge >= 0.3 is 18.2 Å². The van der Waals surface area contributed by atoms with Gasteiger partial charge in [-0.1, -0.05) is 34.6 Å². The average Bonchev–Trinajstić information content (AvgIpc) is 2.87. The Bertz CT molecular complexity index is 1040. The molecule has 38 heavy (non-hydrogen) atoms. The zero-order valence-electron chi connectivity index (χ0n) is 23.3. The van der Waals surface area contributed by atoms with E-state index in [0.717, 1.165) is 32.2 Å². The first-order chi connectivity index (χ1) is 17.6. The van der Waals surface area contributed by atoms with Crippen molar-refractivity contribution in [2.75, 3.05) is 7.11 Å². The van der Waals surface area contributed by atoms with Crippen molar-refractivity contribution < 1.29 is 41.7 Å². The van der Waals surface area contributed by atoms with Gasteiger partial charge in [0.25, 0.3) is 0 Å². The van der Waals surface area contributed by atoms with Crippen LogP contribution in [-0.2, 0) is 19.9 Å². The average molecular weight is 547 g/mol. The van der Waals surface area contributed by atoms with Crippen molar-refractivity contribution in [1.29, 1.82) is 0 Å². The van der Waals surface area contributed by atoms with E-state index in [-0.39, 0.29) is 16.8 Å². The van der Waals surface area contributed by atoms with E-state index in [1.165, 1.54) is 18.2 Å². The van der Waals surface area contributed by atoms with Gasteiger partial charge in [0, 0.05) is 5.56 Å². The number of aliphatic hydroxyl groups is 1. The molecular formula is C27H38F4N2O5. The number of carbonyl (C=O) groups is 2. The highest BCUT2D eigenvalue weighted by molar-refractivity contribution is 5.83. The van der Waals surface area contributed by atoms with Gasteiger partial charge < -0.3 is 19.9 Å². The lowest BCUT2D eigenvalue weighted by Crippen LogP contribution is -2.43. The number of ether oxygens (including phenoxy) is 2. The Hall–Kier alpha value is -3.21. The molecule has 0 fully saturated rings. The van der Waals surface area contributed by atoms with E-state index in [1.807, 2.05) is 27.7 Å². The molecule has 2 N–H and O–H groups in total. The van der Waals surface area contributed by atoms with E-state index >= 15 is 0 Å². The maximum absolute atomic E-state index is 13.8. The molecule has 214 valence electrons. The number of aromatic nitrogens is 1. The van der Waals surface area contributed by atoms with E-state index in [9.17, 15) is 32.3 Å². The fraction of sp³-hybridized carbons (Fsp3) is 0.519. The molecule has 0 bridgehead atoms. The molecule has 0 aliphatic rings. The summed E-state index contributed by atoms with van der Waals surface area (Å²) in [4.78, 5) is 28.8. The first-order valence-electron chi connectivity index (χ1n) is 12.3. The Balaban J connectivity index is 0.00000326. The number of rotatable bonds is 6. The lowest BCUT2D eigenvalue weighted by molar-refractivity contribution is -0.269. The fourth-order valence-corrected chi connectivity index (χ4v) is 3.05. The standard InChI is InChI=1S/C23H26F4N2O5.2C2H6/c1-6-22(32,23(25,26)27)17-12-14(11-16(28-17)13-7-9-15(24)10-8-13)18(19(30)33-5)29-20(31)34-21(2,3)4;2*1-2/h7-12,18,32H,6H2,1-5H3,(H,29,31);2*1-2H3. The van der Waals surface area contributed by atoms with Crippen molar-refractivity contribution in [3.05, 3.63) is 53.5 Å². The molecule has 11 heteroatoms. The molecule has 0 saturated carbocycles. The third-order valence-corrected chi connectivity index (χ3v) is 4.82. The Morgan fingerprint density at radius 2 is 1.55 bits per heavy atom. The number of hydrogen-bond acceptors (Lipinski definition) is 6. The van der Waals surface area contributed by atoms with Crippen LogP contribution >= 0.6 is 0 Å². The summed E-state index contributed by atoms with van der Waals surface area (Å²) in [5.74, 6) is -1.58. The van der Waals surface area contributed by atoms with Gasteiger partial charge in [-0.3, -0.25) is 0 Å². The number of amides is 1. The van der Waals surface area contributed by atoms with E-state index in [4.69, 9.17) is 9.47 Å². The van der Waals surface area contributed by atoms with Gasteiger partial charge in [-0.2, -0.15) is 13.2 Å². The van der Waals surface area contributed by atoms with Crippen molar-refractivity contribution in [1.82, 2.24) is 10.3 Å². The summed E-state index contributed by atoms with van der Waals surface area (Å²) in [6.45, 7) is 13.9. The van der Waals surface area contributed by atoms with E-state index in [1.54, 1.807) is 20.8 Å². The third kappa shape index (κ3) is 9.27. The molecule has 1 heterocycles. The molecule has 1 aromatic heterocycles. The third-order valence-electron chi connectivity index (χ3n) is 4.82. The van der Waals surface area contributed by atoms with Crippen molar-refractivity contribution in [2.24, 2.45) is 0 Å². The zero-order chi connectivity index (χ0) is 29.9. The highest BCUT2D eigenvalue weighted by atomic mass is 19.4. The first-order valence-corrected chi connectivity index (χ1v) is 12.3. The Morgan fingerprint density at radius 3 is 1.97 bits per heavy atom. The van der Waals surface area contributed by atoms with Crippen molar-refractivity contribution >= 4 is 12.1 Å².